The summed E-state index contributed by atoms with van der Waals surface area (Å²) in [4.78, 5) is 11.5. The molecule has 0 aliphatic carbocycles. The van der Waals surface area contributed by atoms with Crippen LogP contribution in [0, 0.1) is 0 Å². The molecule has 1 unspecified atom stereocenters. The molecular weight excluding hydrogens is 176 g/mol. The third-order valence-corrected chi connectivity index (χ3v) is 2.09. The van der Waals surface area contributed by atoms with Crippen molar-refractivity contribution < 1.29 is 4.79 Å². The molecule has 0 aliphatic rings. The van der Waals surface area contributed by atoms with E-state index < -0.39 is 6.04 Å². The van der Waals surface area contributed by atoms with Crippen molar-refractivity contribution in [1.82, 2.24) is 5.32 Å². The van der Waals surface area contributed by atoms with E-state index in [4.69, 9.17) is 5.73 Å². The molecule has 1 atom stereocenters. The van der Waals surface area contributed by atoms with E-state index in [0.29, 0.717) is 6.42 Å². The average molecular weight is 198 g/mol. The first-order valence-electron chi connectivity index (χ1n) is 5.11. The minimum atomic E-state index is -0.469. The molecule has 3 heteroatoms. The SMILES string of the molecule is C=CCC(N)C(=O)NC(C)(C)CCC. The number of rotatable bonds is 6. The summed E-state index contributed by atoms with van der Waals surface area (Å²) >= 11 is 0. The zero-order valence-electron chi connectivity index (χ0n) is 9.47. The average Bonchev–Trinajstić information content (AvgIpc) is 2.03. The van der Waals surface area contributed by atoms with Crippen molar-refractivity contribution >= 4 is 5.91 Å². The van der Waals surface area contributed by atoms with E-state index >= 15 is 0 Å². The first kappa shape index (κ1) is 13.2. The third-order valence-electron chi connectivity index (χ3n) is 2.09. The van der Waals surface area contributed by atoms with Crippen LogP contribution >= 0.6 is 0 Å². The second-order valence-corrected chi connectivity index (χ2v) is 4.25. The molecule has 1 amide bonds. The van der Waals surface area contributed by atoms with Crippen molar-refractivity contribution in [2.24, 2.45) is 5.73 Å². The van der Waals surface area contributed by atoms with E-state index in [-0.39, 0.29) is 11.4 Å². The summed E-state index contributed by atoms with van der Waals surface area (Å²) in [6.45, 7) is 9.67. The van der Waals surface area contributed by atoms with Gasteiger partial charge in [-0.15, -0.1) is 6.58 Å². The molecule has 0 rings (SSSR count). The van der Waals surface area contributed by atoms with Crippen LogP contribution in [-0.4, -0.2) is 17.5 Å². The second kappa shape index (κ2) is 5.81. The molecule has 0 aromatic rings. The van der Waals surface area contributed by atoms with E-state index in [0.717, 1.165) is 12.8 Å². The minimum Gasteiger partial charge on any atom is -0.350 e. The van der Waals surface area contributed by atoms with Gasteiger partial charge in [0.2, 0.25) is 5.91 Å². The highest BCUT2D eigenvalue weighted by Gasteiger charge is 2.21. The molecule has 3 N–H and O–H groups in total. The molecule has 0 aromatic heterocycles. The molecular formula is C11H22N2O. The Kier molecular flexibility index (Phi) is 5.46. The molecule has 82 valence electrons. The maximum absolute atomic E-state index is 11.5. The Balaban J connectivity index is 4.09. The lowest BCUT2D eigenvalue weighted by atomic mass is 9.98. The van der Waals surface area contributed by atoms with Gasteiger partial charge in [-0.1, -0.05) is 19.4 Å². The number of carbonyl (C=O) groups is 1. The van der Waals surface area contributed by atoms with Crippen molar-refractivity contribution in [3.63, 3.8) is 0 Å². The third kappa shape index (κ3) is 5.02. The summed E-state index contributed by atoms with van der Waals surface area (Å²) in [7, 11) is 0. The molecule has 0 aliphatic heterocycles. The van der Waals surface area contributed by atoms with Crippen LogP contribution in [0.3, 0.4) is 0 Å². The van der Waals surface area contributed by atoms with Crippen LogP contribution in [0.2, 0.25) is 0 Å². The van der Waals surface area contributed by atoms with Gasteiger partial charge in [0.15, 0.2) is 0 Å². The lowest BCUT2D eigenvalue weighted by Gasteiger charge is -2.27. The van der Waals surface area contributed by atoms with Gasteiger partial charge in [0.25, 0.3) is 0 Å². The van der Waals surface area contributed by atoms with Crippen molar-refractivity contribution in [3.05, 3.63) is 12.7 Å². The van der Waals surface area contributed by atoms with Gasteiger partial charge < -0.3 is 11.1 Å². The van der Waals surface area contributed by atoms with Crippen LogP contribution in [-0.2, 0) is 4.79 Å². The Hall–Kier alpha value is -0.830. The fraction of sp³-hybridized carbons (Fsp3) is 0.727. The lowest BCUT2D eigenvalue weighted by molar-refractivity contribution is -0.123. The van der Waals surface area contributed by atoms with Crippen LogP contribution < -0.4 is 11.1 Å². The van der Waals surface area contributed by atoms with Crippen molar-refractivity contribution in [2.75, 3.05) is 0 Å². The summed E-state index contributed by atoms with van der Waals surface area (Å²) in [5.41, 5.74) is 5.49. The number of nitrogens with one attached hydrogen (secondary N) is 1. The highest BCUT2D eigenvalue weighted by Crippen LogP contribution is 2.10. The maximum atomic E-state index is 11.5. The molecule has 14 heavy (non-hydrogen) atoms. The fourth-order valence-corrected chi connectivity index (χ4v) is 1.40. The molecule has 0 radical (unpaired) electrons. The number of nitrogens with two attached hydrogens (primary N) is 1. The van der Waals surface area contributed by atoms with Gasteiger partial charge in [-0.2, -0.15) is 0 Å². The van der Waals surface area contributed by atoms with Crippen LogP contribution in [0.25, 0.3) is 0 Å². The van der Waals surface area contributed by atoms with Crippen molar-refractivity contribution in [1.29, 1.82) is 0 Å². The van der Waals surface area contributed by atoms with Gasteiger partial charge in [0.05, 0.1) is 6.04 Å². The van der Waals surface area contributed by atoms with Crippen LogP contribution in [0.4, 0.5) is 0 Å². The Bertz CT molecular complexity index is 199. The summed E-state index contributed by atoms with van der Waals surface area (Å²) in [6.07, 6.45) is 4.19. The van der Waals surface area contributed by atoms with E-state index in [1.807, 2.05) is 13.8 Å². The standard InChI is InChI=1S/C11H22N2O/c1-5-7-9(12)10(14)13-11(3,4)8-6-2/h5,9H,1,6-8,12H2,2-4H3,(H,13,14). The predicted octanol–water partition coefficient (Wildman–Crippen LogP) is 1.58. The number of hydrogen-bond donors (Lipinski definition) is 2. The minimum absolute atomic E-state index is 0.0941. The molecule has 0 aromatic carbocycles. The Morgan fingerprint density at radius 3 is 2.64 bits per heavy atom. The summed E-state index contributed by atoms with van der Waals surface area (Å²) in [6, 6.07) is -0.469. The van der Waals surface area contributed by atoms with E-state index in [1.165, 1.54) is 0 Å². The van der Waals surface area contributed by atoms with Crippen LogP contribution in [0.15, 0.2) is 12.7 Å². The lowest BCUT2D eigenvalue weighted by Crippen LogP contribution is -2.50. The predicted molar refractivity (Wildman–Crippen MR) is 59.9 cm³/mol. The molecule has 0 saturated heterocycles. The van der Waals surface area contributed by atoms with E-state index in [1.54, 1.807) is 6.08 Å². The fourth-order valence-electron chi connectivity index (χ4n) is 1.40. The highest BCUT2D eigenvalue weighted by molar-refractivity contribution is 5.82. The van der Waals surface area contributed by atoms with Gasteiger partial charge in [0, 0.05) is 5.54 Å². The summed E-state index contributed by atoms with van der Waals surface area (Å²) < 4.78 is 0. The van der Waals surface area contributed by atoms with Gasteiger partial charge >= 0.3 is 0 Å². The highest BCUT2D eigenvalue weighted by atomic mass is 16.2. The normalized spacial score (nSPS) is 13.4. The van der Waals surface area contributed by atoms with Gasteiger partial charge in [0.1, 0.15) is 0 Å². The Morgan fingerprint density at radius 1 is 1.64 bits per heavy atom. The number of hydrogen-bond acceptors (Lipinski definition) is 2. The molecule has 0 fully saturated rings. The van der Waals surface area contributed by atoms with Crippen molar-refractivity contribution in [2.45, 2.75) is 51.6 Å². The second-order valence-electron chi connectivity index (χ2n) is 4.25. The topological polar surface area (TPSA) is 55.1 Å². The smallest absolute Gasteiger partial charge is 0.237 e. The van der Waals surface area contributed by atoms with Gasteiger partial charge in [-0.25, -0.2) is 0 Å². The monoisotopic (exact) mass is 198 g/mol. The summed E-state index contributed by atoms with van der Waals surface area (Å²) in [5, 5.41) is 2.93. The molecule has 0 bridgehead atoms. The van der Waals surface area contributed by atoms with Crippen LogP contribution in [0.5, 0.6) is 0 Å². The zero-order chi connectivity index (χ0) is 11.2. The van der Waals surface area contributed by atoms with Crippen molar-refractivity contribution in [3.8, 4) is 0 Å². The Morgan fingerprint density at radius 2 is 2.21 bits per heavy atom. The molecule has 3 nitrogen and oxygen atoms in total. The largest absolute Gasteiger partial charge is 0.350 e. The van der Waals surface area contributed by atoms with Crippen LogP contribution in [0.1, 0.15) is 40.0 Å². The first-order valence-corrected chi connectivity index (χ1v) is 5.11. The first-order chi connectivity index (χ1) is 6.43. The zero-order valence-corrected chi connectivity index (χ0v) is 9.47. The van der Waals surface area contributed by atoms with Gasteiger partial charge in [-0.3, -0.25) is 4.79 Å². The van der Waals surface area contributed by atoms with E-state index in [2.05, 4.69) is 18.8 Å². The molecule has 0 spiro atoms. The number of amides is 1. The van der Waals surface area contributed by atoms with Gasteiger partial charge in [-0.05, 0) is 26.7 Å². The molecule has 0 heterocycles. The maximum Gasteiger partial charge on any atom is 0.237 e. The number of carbonyl (C=O) groups excluding carboxylic acids is 1. The molecule has 0 saturated carbocycles. The quantitative estimate of drug-likeness (QED) is 0.637. The Labute approximate surface area is 86.8 Å². The summed E-state index contributed by atoms with van der Waals surface area (Å²) in [5.74, 6) is -0.0941. The van der Waals surface area contributed by atoms with E-state index in [9.17, 15) is 4.79 Å².